The van der Waals surface area contributed by atoms with Gasteiger partial charge in [-0.3, -0.25) is 0 Å². The number of fused-ring (bicyclic) bond motifs is 1. The smallest absolute Gasteiger partial charge is 0.248 e. The van der Waals surface area contributed by atoms with Gasteiger partial charge in [-0.1, -0.05) is 29.4 Å². The van der Waals surface area contributed by atoms with E-state index in [1.807, 2.05) is 0 Å². The summed E-state index contributed by atoms with van der Waals surface area (Å²) in [5.41, 5.74) is 2.59. The Bertz CT molecular complexity index is 605. The first kappa shape index (κ1) is 12.1. The molecular weight excluding hydrogens is 254 g/mol. The first-order chi connectivity index (χ1) is 9.92. The van der Waals surface area contributed by atoms with Crippen molar-refractivity contribution >= 4 is 0 Å². The third-order valence-electron chi connectivity index (χ3n) is 4.03. The van der Waals surface area contributed by atoms with Gasteiger partial charge in [-0.25, -0.2) is 0 Å². The third kappa shape index (κ3) is 2.03. The Kier molecular flexibility index (Phi) is 3.01. The van der Waals surface area contributed by atoms with Crippen molar-refractivity contribution in [1.29, 1.82) is 0 Å². The maximum Gasteiger partial charge on any atom is 0.248 e. The van der Waals surface area contributed by atoms with Crippen LogP contribution in [0.15, 0.2) is 28.8 Å². The predicted molar refractivity (Wildman–Crippen MR) is 72.2 cm³/mol. The van der Waals surface area contributed by atoms with E-state index in [4.69, 9.17) is 9.26 Å². The second-order valence-corrected chi connectivity index (χ2v) is 5.33. The molecule has 1 saturated heterocycles. The van der Waals surface area contributed by atoms with Gasteiger partial charge in [0.2, 0.25) is 11.7 Å². The monoisotopic (exact) mass is 271 g/mol. The van der Waals surface area contributed by atoms with Crippen LogP contribution in [-0.2, 0) is 11.2 Å². The summed E-state index contributed by atoms with van der Waals surface area (Å²) in [5, 5.41) is 7.55. The fourth-order valence-electron chi connectivity index (χ4n) is 3.00. The number of hydrogen-bond donors (Lipinski definition) is 1. The van der Waals surface area contributed by atoms with E-state index in [-0.39, 0.29) is 12.1 Å². The third-order valence-corrected chi connectivity index (χ3v) is 4.03. The Morgan fingerprint density at radius 1 is 1.25 bits per heavy atom. The zero-order valence-corrected chi connectivity index (χ0v) is 11.2. The average molecular weight is 271 g/mol. The maximum absolute atomic E-state index is 5.60. The van der Waals surface area contributed by atoms with Crippen molar-refractivity contribution in [2.75, 3.05) is 13.2 Å². The zero-order valence-electron chi connectivity index (χ0n) is 11.2. The van der Waals surface area contributed by atoms with Gasteiger partial charge in [0.25, 0.3) is 0 Å². The molecule has 1 aromatic carbocycles. The van der Waals surface area contributed by atoms with E-state index in [0.29, 0.717) is 11.7 Å². The maximum atomic E-state index is 5.60. The SMILES string of the molecule is c1ccc2c(c1)CCNC2c1nc(C2CCCO2)no1. The molecule has 0 saturated carbocycles. The molecule has 104 valence electrons. The fraction of sp³-hybridized carbons (Fsp3) is 0.467. The summed E-state index contributed by atoms with van der Waals surface area (Å²) in [4.78, 5) is 4.55. The van der Waals surface area contributed by atoms with E-state index in [2.05, 4.69) is 39.7 Å². The summed E-state index contributed by atoms with van der Waals surface area (Å²) in [6, 6.07) is 8.42. The van der Waals surface area contributed by atoms with Crippen molar-refractivity contribution < 1.29 is 9.26 Å². The summed E-state index contributed by atoms with van der Waals surface area (Å²) in [6.07, 6.45) is 3.10. The van der Waals surface area contributed by atoms with Gasteiger partial charge in [0.1, 0.15) is 12.1 Å². The number of nitrogens with one attached hydrogen (secondary N) is 1. The second-order valence-electron chi connectivity index (χ2n) is 5.33. The lowest BCUT2D eigenvalue weighted by Gasteiger charge is -2.23. The van der Waals surface area contributed by atoms with Crippen molar-refractivity contribution in [2.45, 2.75) is 31.4 Å². The molecule has 4 rings (SSSR count). The van der Waals surface area contributed by atoms with Crippen molar-refractivity contribution in [3.8, 4) is 0 Å². The summed E-state index contributed by atoms with van der Waals surface area (Å²) in [7, 11) is 0. The summed E-state index contributed by atoms with van der Waals surface area (Å²) < 4.78 is 11.1. The lowest BCUT2D eigenvalue weighted by Crippen LogP contribution is -2.30. The number of nitrogens with zero attached hydrogens (tertiary/aromatic N) is 2. The molecule has 1 N–H and O–H groups in total. The molecule has 0 amide bonds. The lowest BCUT2D eigenvalue weighted by molar-refractivity contribution is 0.103. The van der Waals surface area contributed by atoms with Crippen LogP contribution in [-0.4, -0.2) is 23.3 Å². The van der Waals surface area contributed by atoms with Crippen LogP contribution in [0.2, 0.25) is 0 Å². The first-order valence-electron chi connectivity index (χ1n) is 7.18. The number of rotatable bonds is 2. The molecule has 2 aliphatic heterocycles. The molecule has 5 nitrogen and oxygen atoms in total. The van der Waals surface area contributed by atoms with E-state index < -0.39 is 0 Å². The number of benzene rings is 1. The standard InChI is InChI=1S/C15H17N3O2/c1-2-5-11-10(4-1)7-8-16-13(11)15-17-14(18-20-15)12-6-3-9-19-12/h1-2,4-5,12-13,16H,3,6-9H2. The van der Waals surface area contributed by atoms with Crippen LogP contribution in [0.25, 0.3) is 0 Å². The molecule has 0 bridgehead atoms. The molecular formula is C15H17N3O2. The van der Waals surface area contributed by atoms with Crippen LogP contribution in [0.3, 0.4) is 0 Å². The van der Waals surface area contributed by atoms with Crippen molar-refractivity contribution in [3.05, 3.63) is 47.1 Å². The zero-order chi connectivity index (χ0) is 13.4. The van der Waals surface area contributed by atoms with Crippen LogP contribution in [0.5, 0.6) is 0 Å². The fourth-order valence-corrected chi connectivity index (χ4v) is 3.00. The van der Waals surface area contributed by atoms with E-state index in [1.165, 1.54) is 11.1 Å². The molecule has 5 heteroatoms. The molecule has 1 fully saturated rings. The highest BCUT2D eigenvalue weighted by molar-refractivity contribution is 5.35. The van der Waals surface area contributed by atoms with Gasteiger partial charge in [0, 0.05) is 13.2 Å². The Balaban J connectivity index is 1.65. The van der Waals surface area contributed by atoms with Gasteiger partial charge >= 0.3 is 0 Å². The normalized spacial score (nSPS) is 25.6. The largest absolute Gasteiger partial charge is 0.370 e. The van der Waals surface area contributed by atoms with Gasteiger partial charge in [-0.05, 0) is 30.4 Å². The quantitative estimate of drug-likeness (QED) is 0.907. The summed E-state index contributed by atoms with van der Waals surface area (Å²) in [6.45, 7) is 1.72. The van der Waals surface area contributed by atoms with Crippen molar-refractivity contribution in [1.82, 2.24) is 15.5 Å². The molecule has 2 aromatic rings. The van der Waals surface area contributed by atoms with E-state index >= 15 is 0 Å². The van der Waals surface area contributed by atoms with Crippen LogP contribution >= 0.6 is 0 Å². The molecule has 1 aromatic heterocycles. The van der Waals surface area contributed by atoms with Gasteiger partial charge in [0.15, 0.2) is 0 Å². The average Bonchev–Trinajstić information content (AvgIpc) is 3.17. The highest BCUT2D eigenvalue weighted by Crippen LogP contribution is 2.30. The minimum Gasteiger partial charge on any atom is -0.370 e. The highest BCUT2D eigenvalue weighted by Gasteiger charge is 2.29. The Morgan fingerprint density at radius 2 is 2.20 bits per heavy atom. The first-order valence-corrected chi connectivity index (χ1v) is 7.18. The van der Waals surface area contributed by atoms with E-state index in [9.17, 15) is 0 Å². The lowest BCUT2D eigenvalue weighted by atomic mass is 9.94. The Hall–Kier alpha value is -1.72. The Morgan fingerprint density at radius 3 is 3.10 bits per heavy atom. The van der Waals surface area contributed by atoms with E-state index in [1.54, 1.807) is 0 Å². The molecule has 20 heavy (non-hydrogen) atoms. The molecule has 0 spiro atoms. The topological polar surface area (TPSA) is 60.2 Å². The van der Waals surface area contributed by atoms with Crippen LogP contribution in [0, 0.1) is 0 Å². The molecule has 0 aliphatic carbocycles. The molecule has 2 unspecified atom stereocenters. The van der Waals surface area contributed by atoms with Gasteiger partial charge < -0.3 is 14.6 Å². The highest BCUT2D eigenvalue weighted by atomic mass is 16.5. The summed E-state index contributed by atoms with van der Waals surface area (Å²) >= 11 is 0. The predicted octanol–water partition coefficient (Wildman–Crippen LogP) is 2.16. The minimum absolute atomic E-state index is 0.00241. The molecule has 2 atom stereocenters. The van der Waals surface area contributed by atoms with Crippen molar-refractivity contribution in [3.63, 3.8) is 0 Å². The molecule has 2 aliphatic rings. The number of ether oxygens (including phenoxy) is 1. The number of hydrogen-bond acceptors (Lipinski definition) is 5. The van der Waals surface area contributed by atoms with Gasteiger partial charge in [-0.15, -0.1) is 0 Å². The van der Waals surface area contributed by atoms with Crippen LogP contribution < -0.4 is 5.32 Å². The number of aromatic nitrogens is 2. The molecule has 3 heterocycles. The minimum atomic E-state index is 0.00241. The summed E-state index contributed by atoms with van der Waals surface area (Å²) in [5.74, 6) is 1.32. The van der Waals surface area contributed by atoms with Crippen LogP contribution in [0.4, 0.5) is 0 Å². The molecule has 0 radical (unpaired) electrons. The van der Waals surface area contributed by atoms with Crippen LogP contribution in [0.1, 0.15) is 47.8 Å². The van der Waals surface area contributed by atoms with Gasteiger partial charge in [0.05, 0.1) is 0 Å². The Labute approximate surface area is 117 Å². The van der Waals surface area contributed by atoms with Gasteiger partial charge in [-0.2, -0.15) is 4.98 Å². The van der Waals surface area contributed by atoms with E-state index in [0.717, 1.165) is 32.4 Å². The second kappa shape index (κ2) is 5.00. The van der Waals surface area contributed by atoms with Crippen molar-refractivity contribution in [2.24, 2.45) is 0 Å².